The van der Waals surface area contributed by atoms with E-state index in [1.165, 1.54) is 24.8 Å². The molecule has 6 N–H and O–H groups in total. The van der Waals surface area contributed by atoms with Crippen LogP contribution >= 0.6 is 0 Å². The lowest BCUT2D eigenvalue weighted by molar-refractivity contribution is -0.136. The Hall–Kier alpha value is -3.48. The molecule has 0 aliphatic heterocycles. The molecule has 3 unspecified atom stereocenters. The van der Waals surface area contributed by atoms with Crippen LogP contribution in [-0.4, -0.2) is 44.2 Å². The van der Waals surface area contributed by atoms with Crippen molar-refractivity contribution in [3.05, 3.63) is 54.9 Å². The number of aliphatic hydroxyl groups is 1. The molecule has 0 aromatic carbocycles. The highest BCUT2D eigenvalue weighted by molar-refractivity contribution is 5.99. The van der Waals surface area contributed by atoms with E-state index in [0.717, 1.165) is 0 Å². The molecule has 28 heavy (non-hydrogen) atoms. The first-order valence-corrected chi connectivity index (χ1v) is 8.31. The first kappa shape index (κ1) is 22.6. The van der Waals surface area contributed by atoms with Gasteiger partial charge in [-0.25, -0.2) is 15.4 Å². The number of anilines is 1. The molecule has 148 valence electrons. The van der Waals surface area contributed by atoms with E-state index in [2.05, 4.69) is 40.3 Å². The van der Waals surface area contributed by atoms with Gasteiger partial charge in [-0.3, -0.25) is 14.8 Å². The lowest BCUT2D eigenvalue weighted by Crippen LogP contribution is -2.52. The number of rotatable bonds is 4. The second kappa shape index (κ2) is 11.3. The molecule has 1 heterocycles. The van der Waals surface area contributed by atoms with E-state index < -0.39 is 24.0 Å². The van der Waals surface area contributed by atoms with Gasteiger partial charge in [-0.2, -0.15) is 0 Å². The van der Waals surface area contributed by atoms with Crippen LogP contribution in [0.2, 0.25) is 0 Å². The Morgan fingerprint density at radius 2 is 2.00 bits per heavy atom. The molecule has 1 aliphatic carbocycles. The smallest absolute Gasteiger partial charge is 0.268 e. The first-order valence-electron chi connectivity index (χ1n) is 8.31. The number of aliphatic hydroxyl groups excluding tert-OH is 1. The minimum absolute atomic E-state index is 0.0857. The van der Waals surface area contributed by atoms with Gasteiger partial charge in [0.2, 0.25) is 5.95 Å². The summed E-state index contributed by atoms with van der Waals surface area (Å²) >= 11 is 0. The number of hydroxylamine groups is 1. The van der Waals surface area contributed by atoms with Crippen molar-refractivity contribution in [1.82, 2.24) is 20.8 Å². The number of carbonyl (C=O) groups is 2. The Bertz CT molecular complexity index is 806. The maximum absolute atomic E-state index is 12.2. The van der Waals surface area contributed by atoms with Crippen molar-refractivity contribution in [3.8, 4) is 11.8 Å². The fourth-order valence-corrected chi connectivity index (χ4v) is 2.17. The summed E-state index contributed by atoms with van der Waals surface area (Å²) in [6.07, 6.45) is 7.44. The minimum atomic E-state index is -1.26. The van der Waals surface area contributed by atoms with E-state index in [4.69, 9.17) is 10.9 Å². The highest BCUT2D eigenvalue weighted by atomic mass is 16.5. The van der Waals surface area contributed by atoms with Crippen LogP contribution in [0.5, 0.6) is 0 Å². The number of nitrogens with one attached hydrogen (secondary N) is 2. The Balaban J connectivity index is 0.00000190. The number of carbonyl (C=O) groups excluding carboxylic acids is 2. The van der Waals surface area contributed by atoms with Crippen LogP contribution in [0, 0.1) is 17.8 Å². The molecule has 0 fully saturated rings. The van der Waals surface area contributed by atoms with Crippen LogP contribution < -0.4 is 16.5 Å². The number of aromatic nitrogens is 2. The molecule has 1 aromatic rings. The zero-order chi connectivity index (χ0) is 21.1. The summed E-state index contributed by atoms with van der Waals surface area (Å²) in [5, 5.41) is 20.6. The largest absolute Gasteiger partial charge is 0.391 e. The van der Waals surface area contributed by atoms with E-state index in [0.29, 0.717) is 17.6 Å². The Morgan fingerprint density at radius 1 is 1.36 bits per heavy atom. The van der Waals surface area contributed by atoms with Crippen molar-refractivity contribution < 1.29 is 19.9 Å². The molecular weight excluding hydrogens is 362 g/mol. The summed E-state index contributed by atoms with van der Waals surface area (Å²) < 4.78 is 0. The van der Waals surface area contributed by atoms with E-state index in [1.54, 1.807) is 18.2 Å². The predicted molar refractivity (Wildman–Crippen MR) is 103 cm³/mol. The number of allylic oxidation sites excluding steroid dienone is 2. The van der Waals surface area contributed by atoms with Gasteiger partial charge in [-0.15, -0.1) is 13.2 Å². The molecule has 0 bridgehead atoms. The summed E-state index contributed by atoms with van der Waals surface area (Å²) in [4.78, 5) is 31.3. The third-order valence-electron chi connectivity index (χ3n) is 3.60. The normalized spacial score (nSPS) is 16.8. The standard InChI is InChI=1S/C17H19N5O4.C2H4/c1-10(23)14(16(25)22-26)21-15(24)13-6-4-11(5-7-13)2-3-12-8-19-17(18)20-9-12;1-2/h4,6-11,14,23,26H,5H2,1H3,(H,21,24)(H,22,25)(H2,18,19,20);1-2H2. The highest BCUT2D eigenvalue weighted by Crippen LogP contribution is 2.16. The SMILES string of the molecule is C=C.CC(O)C(NC(=O)C1=CCC(C#Cc2cnc(N)nc2)C=C1)C(=O)NO. The first-order chi connectivity index (χ1) is 13.4. The van der Waals surface area contributed by atoms with E-state index in [-0.39, 0.29) is 11.9 Å². The molecule has 9 heteroatoms. The monoisotopic (exact) mass is 385 g/mol. The molecule has 9 nitrogen and oxygen atoms in total. The van der Waals surface area contributed by atoms with E-state index in [9.17, 15) is 14.7 Å². The fraction of sp³-hybridized carbons (Fsp3) is 0.263. The second-order valence-corrected chi connectivity index (χ2v) is 5.63. The average molecular weight is 385 g/mol. The van der Waals surface area contributed by atoms with Gasteiger partial charge < -0.3 is 16.2 Å². The summed E-state index contributed by atoms with van der Waals surface area (Å²) in [6, 6.07) is -1.26. The molecule has 0 radical (unpaired) electrons. The third kappa shape index (κ3) is 6.68. The molecule has 1 aromatic heterocycles. The number of nitrogen functional groups attached to an aromatic ring is 1. The van der Waals surface area contributed by atoms with Gasteiger partial charge in [0.1, 0.15) is 6.04 Å². The van der Waals surface area contributed by atoms with Gasteiger partial charge in [0.15, 0.2) is 0 Å². The van der Waals surface area contributed by atoms with Crippen LogP contribution in [0.15, 0.2) is 49.4 Å². The number of nitrogens with zero attached hydrogens (tertiary/aromatic N) is 2. The summed E-state index contributed by atoms with van der Waals surface area (Å²) in [5.41, 5.74) is 7.80. The zero-order valence-corrected chi connectivity index (χ0v) is 15.4. The van der Waals surface area contributed by atoms with Gasteiger partial charge in [0.05, 0.1) is 11.7 Å². The van der Waals surface area contributed by atoms with Gasteiger partial charge in [-0.1, -0.05) is 30.1 Å². The minimum Gasteiger partial charge on any atom is -0.391 e. The number of hydrogen-bond acceptors (Lipinski definition) is 7. The van der Waals surface area contributed by atoms with Crippen molar-refractivity contribution >= 4 is 17.8 Å². The van der Waals surface area contributed by atoms with Crippen molar-refractivity contribution in [3.63, 3.8) is 0 Å². The van der Waals surface area contributed by atoms with Crippen LogP contribution in [0.1, 0.15) is 18.9 Å². The Labute approximate surface area is 163 Å². The molecule has 0 spiro atoms. The number of nitrogens with two attached hydrogens (primary N) is 1. The van der Waals surface area contributed by atoms with Crippen molar-refractivity contribution in [2.75, 3.05) is 5.73 Å². The average Bonchev–Trinajstić information content (AvgIpc) is 2.72. The molecule has 2 rings (SSSR count). The van der Waals surface area contributed by atoms with E-state index >= 15 is 0 Å². The van der Waals surface area contributed by atoms with Crippen LogP contribution in [-0.2, 0) is 9.59 Å². The third-order valence-corrected chi connectivity index (χ3v) is 3.60. The maximum Gasteiger partial charge on any atom is 0.268 e. The summed E-state index contributed by atoms with van der Waals surface area (Å²) in [6.45, 7) is 7.33. The van der Waals surface area contributed by atoms with Gasteiger partial charge in [-0.05, 0) is 13.3 Å². The summed E-state index contributed by atoms with van der Waals surface area (Å²) in [7, 11) is 0. The van der Waals surface area contributed by atoms with Crippen LogP contribution in [0.4, 0.5) is 5.95 Å². The lowest BCUT2D eigenvalue weighted by Gasteiger charge is -2.20. The molecule has 3 atom stereocenters. The molecule has 0 saturated heterocycles. The molecule has 1 aliphatic rings. The van der Waals surface area contributed by atoms with Crippen molar-refractivity contribution in [1.29, 1.82) is 0 Å². The fourth-order valence-electron chi connectivity index (χ4n) is 2.17. The maximum atomic E-state index is 12.2. The van der Waals surface area contributed by atoms with Crippen molar-refractivity contribution in [2.45, 2.75) is 25.5 Å². The van der Waals surface area contributed by atoms with Crippen LogP contribution in [0.3, 0.4) is 0 Å². The second-order valence-electron chi connectivity index (χ2n) is 5.63. The topological polar surface area (TPSA) is 150 Å². The summed E-state index contributed by atoms with van der Waals surface area (Å²) in [5.74, 6) is 4.62. The van der Waals surface area contributed by atoms with Gasteiger partial charge in [0.25, 0.3) is 11.8 Å². The zero-order valence-electron chi connectivity index (χ0n) is 15.4. The van der Waals surface area contributed by atoms with Gasteiger partial charge >= 0.3 is 0 Å². The highest BCUT2D eigenvalue weighted by Gasteiger charge is 2.26. The Morgan fingerprint density at radius 3 is 2.50 bits per heavy atom. The predicted octanol–water partition coefficient (Wildman–Crippen LogP) is 0.0860. The van der Waals surface area contributed by atoms with E-state index in [1.807, 2.05) is 0 Å². The van der Waals surface area contributed by atoms with Crippen LogP contribution in [0.25, 0.3) is 0 Å². The number of hydrogen-bond donors (Lipinski definition) is 5. The molecule has 2 amide bonds. The molecular formula is C19H23N5O4. The quantitative estimate of drug-likeness (QED) is 0.213. The number of amides is 2. The molecule has 0 saturated carbocycles. The lowest BCUT2D eigenvalue weighted by atomic mass is 9.96. The van der Waals surface area contributed by atoms with Crippen molar-refractivity contribution in [2.24, 2.45) is 5.92 Å². The Kier molecular flexibility index (Phi) is 9.09. The van der Waals surface area contributed by atoms with Gasteiger partial charge in [0, 0.05) is 23.9 Å².